The van der Waals surface area contributed by atoms with Gasteiger partial charge in [0.25, 0.3) is 0 Å². The van der Waals surface area contributed by atoms with Crippen molar-refractivity contribution < 1.29 is 0 Å². The Morgan fingerprint density at radius 2 is 1.68 bits per heavy atom. The second kappa shape index (κ2) is 6.56. The van der Waals surface area contributed by atoms with Crippen molar-refractivity contribution in [3.05, 3.63) is 42.0 Å². The lowest BCUT2D eigenvalue weighted by atomic mass is 9.87. The lowest BCUT2D eigenvalue weighted by molar-refractivity contribution is 0.420. The van der Waals surface area contributed by atoms with Crippen LogP contribution in [0.3, 0.4) is 0 Å². The topological polar surface area (TPSA) is 0 Å². The average Bonchev–Trinajstić information content (AvgIpc) is 2.39. The Hall–Kier alpha value is -0.823. The molecule has 1 fully saturated rings. The van der Waals surface area contributed by atoms with Crippen LogP contribution in [0.4, 0.5) is 0 Å². The molecule has 1 aromatic rings. The Balaban J connectivity index is 2.20. The highest BCUT2D eigenvalue weighted by molar-refractivity contribution is 6.77. The minimum atomic E-state index is -1.06. The first-order chi connectivity index (χ1) is 9.04. The third kappa shape index (κ3) is 4.98. The molecule has 0 nitrogen and oxygen atoms in total. The van der Waals surface area contributed by atoms with Crippen molar-refractivity contribution in [1.82, 2.24) is 0 Å². The van der Waals surface area contributed by atoms with Crippen LogP contribution in [-0.4, -0.2) is 8.07 Å². The van der Waals surface area contributed by atoms with Gasteiger partial charge in [0.2, 0.25) is 0 Å². The van der Waals surface area contributed by atoms with Crippen molar-refractivity contribution >= 4 is 13.6 Å². The molecule has 0 bridgehead atoms. The SMILES string of the molecule is C[Si](C)(C)C/C(=C\C1CCCCC1)c1ccccc1. The molecule has 0 spiro atoms. The summed E-state index contributed by atoms with van der Waals surface area (Å²) in [5, 5.41) is 0. The number of hydrogen-bond acceptors (Lipinski definition) is 0. The van der Waals surface area contributed by atoms with Crippen molar-refractivity contribution in [3.8, 4) is 0 Å². The zero-order chi connectivity index (χ0) is 13.7. The van der Waals surface area contributed by atoms with Crippen molar-refractivity contribution in [2.75, 3.05) is 0 Å². The number of hydrogen-bond donors (Lipinski definition) is 0. The largest absolute Gasteiger partial charge is 0.0779 e. The fraction of sp³-hybridized carbons (Fsp3) is 0.556. The molecular weight excluding hydrogens is 244 g/mol. The maximum atomic E-state index is 2.62. The monoisotopic (exact) mass is 272 g/mol. The molecule has 1 aliphatic carbocycles. The molecule has 0 atom stereocenters. The van der Waals surface area contributed by atoms with E-state index < -0.39 is 8.07 Å². The number of allylic oxidation sites excluding steroid dienone is 2. The first kappa shape index (κ1) is 14.6. The highest BCUT2D eigenvalue weighted by Gasteiger charge is 2.19. The molecule has 0 aromatic heterocycles. The minimum absolute atomic E-state index is 0.834. The van der Waals surface area contributed by atoms with E-state index in [0.717, 1.165) is 5.92 Å². The van der Waals surface area contributed by atoms with Crippen molar-refractivity contribution in [3.63, 3.8) is 0 Å². The van der Waals surface area contributed by atoms with E-state index in [1.165, 1.54) is 43.7 Å². The summed E-state index contributed by atoms with van der Waals surface area (Å²) in [4.78, 5) is 0. The van der Waals surface area contributed by atoms with Gasteiger partial charge in [-0.25, -0.2) is 0 Å². The molecule has 1 aliphatic rings. The molecule has 0 heterocycles. The summed E-state index contributed by atoms with van der Waals surface area (Å²) < 4.78 is 0. The maximum Gasteiger partial charge on any atom is 0.0487 e. The summed E-state index contributed by atoms with van der Waals surface area (Å²) in [7, 11) is -1.06. The van der Waals surface area contributed by atoms with Gasteiger partial charge in [0.1, 0.15) is 0 Å². The summed E-state index contributed by atoms with van der Waals surface area (Å²) in [5.74, 6) is 0.834. The molecule has 19 heavy (non-hydrogen) atoms. The van der Waals surface area contributed by atoms with Gasteiger partial charge in [-0.2, -0.15) is 0 Å². The quantitative estimate of drug-likeness (QED) is 0.591. The molecule has 2 rings (SSSR count). The van der Waals surface area contributed by atoms with E-state index in [-0.39, 0.29) is 0 Å². The second-order valence-electron chi connectivity index (χ2n) is 7.19. The smallest absolute Gasteiger partial charge is 0.0487 e. The summed E-state index contributed by atoms with van der Waals surface area (Å²) in [6, 6.07) is 12.4. The van der Waals surface area contributed by atoms with Gasteiger partial charge in [-0.05, 0) is 35.9 Å². The van der Waals surface area contributed by atoms with Crippen molar-refractivity contribution in [2.45, 2.75) is 57.8 Å². The van der Waals surface area contributed by atoms with Crippen LogP contribution in [0.2, 0.25) is 25.7 Å². The maximum absolute atomic E-state index is 2.62. The van der Waals surface area contributed by atoms with Gasteiger partial charge in [0.05, 0.1) is 0 Å². The third-order valence-corrected chi connectivity index (χ3v) is 5.39. The van der Waals surface area contributed by atoms with Crippen LogP contribution in [0.1, 0.15) is 37.7 Å². The molecule has 0 amide bonds. The van der Waals surface area contributed by atoms with Crippen LogP contribution in [0.5, 0.6) is 0 Å². The molecular formula is C18H28Si. The van der Waals surface area contributed by atoms with E-state index in [1.807, 2.05) is 0 Å². The van der Waals surface area contributed by atoms with Gasteiger partial charge in [-0.15, -0.1) is 0 Å². The lowest BCUT2D eigenvalue weighted by Crippen LogP contribution is -2.20. The van der Waals surface area contributed by atoms with Crippen molar-refractivity contribution in [1.29, 1.82) is 0 Å². The first-order valence-electron chi connectivity index (χ1n) is 7.81. The molecule has 1 aromatic carbocycles. The van der Waals surface area contributed by atoms with E-state index >= 15 is 0 Å². The fourth-order valence-electron chi connectivity index (χ4n) is 3.07. The van der Waals surface area contributed by atoms with E-state index in [2.05, 4.69) is 56.0 Å². The fourth-order valence-corrected chi connectivity index (χ4v) is 4.53. The Morgan fingerprint density at radius 3 is 2.26 bits per heavy atom. The van der Waals surface area contributed by atoms with Crippen LogP contribution in [0, 0.1) is 5.92 Å². The van der Waals surface area contributed by atoms with Gasteiger partial charge in [0.15, 0.2) is 0 Å². The van der Waals surface area contributed by atoms with E-state index in [0.29, 0.717) is 0 Å². The lowest BCUT2D eigenvalue weighted by Gasteiger charge is -2.23. The number of benzene rings is 1. The Bertz CT molecular complexity index is 405. The predicted octanol–water partition coefficient (Wildman–Crippen LogP) is 5.99. The molecule has 0 aliphatic heterocycles. The van der Waals surface area contributed by atoms with Crippen LogP contribution >= 0.6 is 0 Å². The van der Waals surface area contributed by atoms with Gasteiger partial charge in [-0.1, -0.05) is 75.3 Å². The Labute approximate surface area is 119 Å². The van der Waals surface area contributed by atoms with Gasteiger partial charge in [-0.3, -0.25) is 0 Å². The van der Waals surface area contributed by atoms with E-state index in [4.69, 9.17) is 0 Å². The Morgan fingerprint density at radius 1 is 1.05 bits per heavy atom. The standard InChI is InChI=1S/C18H28Si/c1-19(2,3)15-18(17-12-8-5-9-13-17)14-16-10-6-4-7-11-16/h5,8-9,12-14,16H,4,6-7,10-11,15H2,1-3H3/b18-14+. The average molecular weight is 273 g/mol. The summed E-state index contributed by atoms with van der Waals surface area (Å²) in [6.07, 6.45) is 9.72. The summed E-state index contributed by atoms with van der Waals surface area (Å²) in [6.45, 7) is 7.43. The van der Waals surface area contributed by atoms with E-state index in [1.54, 1.807) is 5.57 Å². The molecule has 104 valence electrons. The second-order valence-corrected chi connectivity index (χ2v) is 12.7. The zero-order valence-electron chi connectivity index (χ0n) is 12.8. The highest BCUT2D eigenvalue weighted by atomic mass is 28.3. The van der Waals surface area contributed by atoms with Gasteiger partial charge >= 0.3 is 0 Å². The van der Waals surface area contributed by atoms with Crippen LogP contribution in [0.25, 0.3) is 5.57 Å². The van der Waals surface area contributed by atoms with Gasteiger partial charge in [0, 0.05) is 8.07 Å². The van der Waals surface area contributed by atoms with Crippen LogP contribution in [-0.2, 0) is 0 Å². The molecule has 0 radical (unpaired) electrons. The predicted molar refractivity (Wildman–Crippen MR) is 89.1 cm³/mol. The highest BCUT2D eigenvalue weighted by Crippen LogP contribution is 2.32. The zero-order valence-corrected chi connectivity index (χ0v) is 13.8. The summed E-state index contributed by atoms with van der Waals surface area (Å²) in [5.41, 5.74) is 3.07. The number of rotatable bonds is 4. The molecule has 0 unspecified atom stereocenters. The van der Waals surface area contributed by atoms with Crippen LogP contribution < -0.4 is 0 Å². The van der Waals surface area contributed by atoms with Crippen LogP contribution in [0.15, 0.2) is 36.4 Å². The third-order valence-electron chi connectivity index (χ3n) is 3.95. The minimum Gasteiger partial charge on any atom is -0.0779 e. The summed E-state index contributed by atoms with van der Waals surface area (Å²) >= 11 is 0. The first-order valence-corrected chi connectivity index (χ1v) is 11.5. The molecule has 0 saturated heterocycles. The molecule has 0 N–H and O–H groups in total. The normalized spacial score (nSPS) is 18.6. The molecule has 1 saturated carbocycles. The van der Waals surface area contributed by atoms with Gasteiger partial charge < -0.3 is 0 Å². The van der Waals surface area contributed by atoms with E-state index in [9.17, 15) is 0 Å². The van der Waals surface area contributed by atoms with Crippen molar-refractivity contribution in [2.24, 2.45) is 5.92 Å². The molecule has 1 heteroatoms. The Kier molecular flexibility index (Phi) is 5.03.